The normalized spacial score (nSPS) is 19.2. The molecule has 1 atom stereocenters. The quantitative estimate of drug-likeness (QED) is 0.823. The highest BCUT2D eigenvalue weighted by Crippen LogP contribution is 2.29. The van der Waals surface area contributed by atoms with E-state index in [0.717, 1.165) is 6.54 Å². The molecule has 1 unspecified atom stereocenters. The second kappa shape index (κ2) is 6.56. The van der Waals surface area contributed by atoms with Gasteiger partial charge in [-0.2, -0.15) is 0 Å². The Morgan fingerprint density at radius 3 is 2.63 bits per heavy atom. The Bertz CT molecular complexity index is 562. The summed E-state index contributed by atoms with van der Waals surface area (Å²) in [5, 5.41) is 2.33. The number of sulfonamides is 1. The largest absolute Gasteiger partial charge is 0.315 e. The summed E-state index contributed by atoms with van der Waals surface area (Å²) in [5.41, 5.74) is 0. The smallest absolute Gasteiger partial charge is 0.242 e. The summed E-state index contributed by atoms with van der Waals surface area (Å²) in [6, 6.07) is 2.16. The molecule has 1 heterocycles. The first-order valence-electron chi connectivity index (χ1n) is 5.28. The first-order valence-corrected chi connectivity index (χ1v) is 7.52. The first kappa shape index (κ1) is 16.9. The first-order chi connectivity index (χ1) is 8.42. The van der Waals surface area contributed by atoms with Gasteiger partial charge in [0.15, 0.2) is 5.82 Å². The maximum absolute atomic E-state index is 13.5. The fourth-order valence-corrected chi connectivity index (χ4v) is 3.77. The van der Waals surface area contributed by atoms with Crippen molar-refractivity contribution in [2.45, 2.75) is 17.4 Å². The molecular weight excluding hydrogens is 338 g/mol. The van der Waals surface area contributed by atoms with Crippen LogP contribution >= 0.6 is 35.6 Å². The maximum atomic E-state index is 13.5. The summed E-state index contributed by atoms with van der Waals surface area (Å²) >= 11 is 11.2. The van der Waals surface area contributed by atoms with Gasteiger partial charge in [0.05, 0.1) is 10.0 Å². The third-order valence-electron chi connectivity index (χ3n) is 2.67. The average molecular weight is 350 g/mol. The minimum absolute atomic E-state index is 0. The van der Waals surface area contributed by atoms with Gasteiger partial charge < -0.3 is 5.32 Å². The summed E-state index contributed by atoms with van der Waals surface area (Å²) in [6.45, 7) is 1.29. The summed E-state index contributed by atoms with van der Waals surface area (Å²) in [5.74, 6) is -0.925. The van der Waals surface area contributed by atoms with Crippen molar-refractivity contribution in [3.8, 4) is 0 Å². The Balaban J connectivity index is 0.00000180. The summed E-state index contributed by atoms with van der Waals surface area (Å²) in [7, 11) is -3.83. The van der Waals surface area contributed by atoms with Crippen molar-refractivity contribution in [1.82, 2.24) is 10.0 Å². The predicted molar refractivity (Wildman–Crippen MR) is 75.3 cm³/mol. The van der Waals surface area contributed by atoms with E-state index in [1.165, 1.54) is 12.1 Å². The van der Waals surface area contributed by atoms with Crippen LogP contribution < -0.4 is 10.0 Å². The lowest BCUT2D eigenvalue weighted by molar-refractivity contribution is 0.558. The number of hydrogen-bond acceptors (Lipinski definition) is 3. The molecule has 1 aromatic carbocycles. The summed E-state index contributed by atoms with van der Waals surface area (Å²) < 4.78 is 40.0. The number of halogens is 4. The van der Waals surface area contributed by atoms with E-state index in [9.17, 15) is 12.8 Å². The number of hydrogen-bond donors (Lipinski definition) is 2. The molecule has 2 N–H and O–H groups in total. The van der Waals surface area contributed by atoms with Crippen LogP contribution in [0.2, 0.25) is 10.0 Å². The summed E-state index contributed by atoms with van der Waals surface area (Å²) in [6.07, 6.45) is 0.687. The van der Waals surface area contributed by atoms with E-state index in [4.69, 9.17) is 23.2 Å². The van der Waals surface area contributed by atoms with E-state index in [1.807, 2.05) is 0 Å². The van der Waals surface area contributed by atoms with Crippen LogP contribution in [0.4, 0.5) is 4.39 Å². The van der Waals surface area contributed by atoms with Crippen molar-refractivity contribution in [1.29, 1.82) is 0 Å². The molecule has 1 aliphatic heterocycles. The zero-order valence-corrected chi connectivity index (χ0v) is 12.8. The second-order valence-corrected chi connectivity index (χ2v) is 6.45. The van der Waals surface area contributed by atoms with Gasteiger partial charge in [-0.3, -0.25) is 0 Å². The molecule has 0 spiro atoms. The molecule has 0 aliphatic carbocycles. The monoisotopic (exact) mass is 348 g/mol. The number of rotatable bonds is 3. The van der Waals surface area contributed by atoms with Crippen molar-refractivity contribution < 1.29 is 12.8 Å². The van der Waals surface area contributed by atoms with Crippen LogP contribution in [0, 0.1) is 5.82 Å². The fraction of sp³-hybridized carbons (Fsp3) is 0.400. The molecule has 2 rings (SSSR count). The zero-order chi connectivity index (χ0) is 13.3. The van der Waals surface area contributed by atoms with Gasteiger partial charge in [0.1, 0.15) is 4.90 Å². The third-order valence-corrected chi connectivity index (χ3v) is 5.01. The molecule has 0 amide bonds. The molecule has 9 heteroatoms. The van der Waals surface area contributed by atoms with Gasteiger partial charge in [-0.1, -0.05) is 23.2 Å². The van der Waals surface area contributed by atoms with Crippen molar-refractivity contribution >= 4 is 45.6 Å². The molecule has 108 valence electrons. The maximum Gasteiger partial charge on any atom is 0.242 e. The molecule has 0 aromatic heterocycles. The lowest BCUT2D eigenvalue weighted by Gasteiger charge is -2.13. The number of benzene rings is 1. The van der Waals surface area contributed by atoms with E-state index in [0.29, 0.717) is 13.0 Å². The van der Waals surface area contributed by atoms with Gasteiger partial charge in [-0.25, -0.2) is 17.5 Å². The molecular formula is C10H12Cl3FN2O2S. The van der Waals surface area contributed by atoms with Gasteiger partial charge in [-0.05, 0) is 25.1 Å². The van der Waals surface area contributed by atoms with E-state index >= 15 is 0 Å². The van der Waals surface area contributed by atoms with Gasteiger partial charge in [-0.15, -0.1) is 12.4 Å². The van der Waals surface area contributed by atoms with Crippen LogP contribution in [-0.4, -0.2) is 27.5 Å². The van der Waals surface area contributed by atoms with Gasteiger partial charge >= 0.3 is 0 Å². The highest BCUT2D eigenvalue weighted by atomic mass is 35.5. The molecule has 0 radical (unpaired) electrons. The predicted octanol–water partition coefficient (Wildman–Crippen LogP) is 2.19. The Morgan fingerprint density at radius 2 is 2.05 bits per heavy atom. The minimum Gasteiger partial charge on any atom is -0.315 e. The Hall–Kier alpha value is -0.110. The molecule has 1 saturated heterocycles. The molecule has 1 fully saturated rings. The molecule has 1 aromatic rings. The van der Waals surface area contributed by atoms with Gasteiger partial charge in [0.25, 0.3) is 0 Å². The molecule has 1 aliphatic rings. The lowest BCUT2D eigenvalue weighted by Crippen LogP contribution is -2.36. The topological polar surface area (TPSA) is 58.2 Å². The van der Waals surface area contributed by atoms with Crippen molar-refractivity contribution in [2.24, 2.45) is 0 Å². The summed E-state index contributed by atoms with van der Waals surface area (Å²) in [4.78, 5) is -0.294. The fourth-order valence-electron chi connectivity index (χ4n) is 1.75. The number of nitrogens with one attached hydrogen (secondary N) is 2. The Kier molecular flexibility index (Phi) is 5.85. The Morgan fingerprint density at radius 1 is 1.37 bits per heavy atom. The molecule has 0 saturated carbocycles. The van der Waals surface area contributed by atoms with Crippen LogP contribution in [0.25, 0.3) is 0 Å². The van der Waals surface area contributed by atoms with E-state index in [-0.39, 0.29) is 28.4 Å². The van der Waals surface area contributed by atoms with E-state index < -0.39 is 20.9 Å². The highest BCUT2D eigenvalue weighted by Gasteiger charge is 2.26. The second-order valence-electron chi connectivity index (χ2n) is 3.98. The molecule has 0 bridgehead atoms. The van der Waals surface area contributed by atoms with Crippen molar-refractivity contribution in [3.63, 3.8) is 0 Å². The SMILES string of the molecule is Cl.O=S(=O)(NC1CCNC1)c1ccc(Cl)c(F)c1Cl. The van der Waals surface area contributed by atoms with Crippen LogP contribution in [0.5, 0.6) is 0 Å². The standard InChI is InChI=1S/C10H11Cl2FN2O2S.ClH/c11-7-1-2-8(9(12)10(7)13)18(16,17)15-6-3-4-14-5-6;/h1-2,6,14-15H,3-5H2;1H. The van der Waals surface area contributed by atoms with Crippen molar-refractivity contribution in [3.05, 3.63) is 28.0 Å². The van der Waals surface area contributed by atoms with E-state index in [2.05, 4.69) is 10.0 Å². The molecule has 19 heavy (non-hydrogen) atoms. The van der Waals surface area contributed by atoms with Crippen LogP contribution in [0.3, 0.4) is 0 Å². The van der Waals surface area contributed by atoms with Crippen LogP contribution in [0.15, 0.2) is 17.0 Å². The van der Waals surface area contributed by atoms with Crippen molar-refractivity contribution in [2.75, 3.05) is 13.1 Å². The lowest BCUT2D eigenvalue weighted by atomic mass is 10.3. The van der Waals surface area contributed by atoms with Crippen LogP contribution in [-0.2, 0) is 10.0 Å². The zero-order valence-electron chi connectivity index (χ0n) is 9.62. The van der Waals surface area contributed by atoms with Crippen LogP contribution in [0.1, 0.15) is 6.42 Å². The third kappa shape index (κ3) is 3.71. The minimum atomic E-state index is -3.83. The van der Waals surface area contributed by atoms with Gasteiger partial charge in [0.2, 0.25) is 10.0 Å². The molecule has 4 nitrogen and oxygen atoms in total. The highest BCUT2D eigenvalue weighted by molar-refractivity contribution is 7.89. The van der Waals surface area contributed by atoms with E-state index in [1.54, 1.807) is 0 Å². The average Bonchev–Trinajstić information content (AvgIpc) is 2.77. The van der Waals surface area contributed by atoms with Gasteiger partial charge in [0, 0.05) is 12.6 Å². The Labute approximate surface area is 127 Å².